The number of nitrogens with zero attached hydrogens (tertiary/aromatic N) is 2. The van der Waals surface area contributed by atoms with Crippen LogP contribution in [0.3, 0.4) is 0 Å². The molecule has 1 saturated heterocycles. The minimum atomic E-state index is -0.440. The van der Waals surface area contributed by atoms with Gasteiger partial charge in [-0.1, -0.05) is 23.7 Å². The highest BCUT2D eigenvalue weighted by Crippen LogP contribution is 2.31. The second kappa shape index (κ2) is 6.73. The highest BCUT2D eigenvalue weighted by molar-refractivity contribution is 6.33. The molecular weight excluding hydrogens is 326 g/mol. The summed E-state index contributed by atoms with van der Waals surface area (Å²) in [5.41, 5.74) is 1.74. The molecule has 0 spiro atoms. The quantitative estimate of drug-likeness (QED) is 0.933. The Morgan fingerprint density at radius 3 is 2.58 bits per heavy atom. The van der Waals surface area contributed by atoms with Gasteiger partial charge in [-0.2, -0.15) is 5.26 Å². The topological polar surface area (TPSA) is 73.2 Å². The number of hydrogen-bond donors (Lipinski definition) is 1. The summed E-state index contributed by atoms with van der Waals surface area (Å²) in [5.74, 6) is -0.782. The SMILES string of the molecule is N#Cc1ccc(NC(=O)C2CC(=O)N(c3ccccc3Cl)C2)cc1. The van der Waals surface area contributed by atoms with Crippen molar-refractivity contribution < 1.29 is 9.59 Å². The van der Waals surface area contributed by atoms with Crippen LogP contribution in [0.15, 0.2) is 48.5 Å². The molecule has 0 aromatic heterocycles. The van der Waals surface area contributed by atoms with E-state index in [-0.39, 0.29) is 18.2 Å². The van der Waals surface area contributed by atoms with Crippen molar-refractivity contribution in [3.8, 4) is 6.07 Å². The number of carbonyl (C=O) groups is 2. The minimum Gasteiger partial charge on any atom is -0.326 e. The molecule has 1 aliphatic rings. The highest BCUT2D eigenvalue weighted by atomic mass is 35.5. The number of nitrogens with one attached hydrogen (secondary N) is 1. The molecule has 120 valence electrons. The summed E-state index contributed by atoms with van der Waals surface area (Å²) in [7, 11) is 0. The van der Waals surface area contributed by atoms with Gasteiger partial charge >= 0.3 is 0 Å². The Kier molecular flexibility index (Phi) is 4.50. The molecule has 6 heteroatoms. The third-order valence-corrected chi connectivity index (χ3v) is 4.24. The molecule has 1 unspecified atom stereocenters. The van der Waals surface area contributed by atoms with Crippen LogP contribution in [-0.4, -0.2) is 18.4 Å². The van der Waals surface area contributed by atoms with Gasteiger partial charge in [-0.3, -0.25) is 9.59 Å². The van der Waals surface area contributed by atoms with Crippen LogP contribution in [0.4, 0.5) is 11.4 Å². The maximum Gasteiger partial charge on any atom is 0.229 e. The maximum atomic E-state index is 12.4. The van der Waals surface area contributed by atoms with Gasteiger partial charge in [-0.05, 0) is 36.4 Å². The first-order valence-electron chi connectivity index (χ1n) is 7.44. The Hall–Kier alpha value is -2.84. The predicted octanol–water partition coefficient (Wildman–Crippen LogP) is 3.20. The molecule has 5 nitrogen and oxygen atoms in total. The molecule has 2 aromatic carbocycles. The molecular formula is C18H14ClN3O2. The van der Waals surface area contributed by atoms with Gasteiger partial charge in [-0.25, -0.2) is 0 Å². The number of para-hydroxylation sites is 1. The molecule has 0 bridgehead atoms. The Balaban J connectivity index is 1.70. The zero-order valence-electron chi connectivity index (χ0n) is 12.7. The fraction of sp³-hybridized carbons (Fsp3) is 0.167. The zero-order chi connectivity index (χ0) is 17.1. The van der Waals surface area contributed by atoms with E-state index in [2.05, 4.69) is 5.32 Å². The number of anilines is 2. The molecule has 1 aliphatic heterocycles. The molecule has 1 heterocycles. The van der Waals surface area contributed by atoms with E-state index in [4.69, 9.17) is 16.9 Å². The lowest BCUT2D eigenvalue weighted by Crippen LogP contribution is -2.28. The van der Waals surface area contributed by atoms with Gasteiger partial charge in [0.15, 0.2) is 0 Å². The van der Waals surface area contributed by atoms with Crippen molar-refractivity contribution in [2.24, 2.45) is 5.92 Å². The van der Waals surface area contributed by atoms with Gasteiger partial charge in [0.25, 0.3) is 0 Å². The van der Waals surface area contributed by atoms with E-state index in [1.54, 1.807) is 53.4 Å². The van der Waals surface area contributed by atoms with Crippen molar-refractivity contribution in [1.29, 1.82) is 5.26 Å². The number of halogens is 1. The molecule has 0 saturated carbocycles. The summed E-state index contributed by atoms with van der Waals surface area (Å²) in [4.78, 5) is 26.2. The van der Waals surface area contributed by atoms with Crippen molar-refractivity contribution in [3.63, 3.8) is 0 Å². The number of rotatable bonds is 3. The summed E-state index contributed by atoms with van der Waals surface area (Å²) in [6, 6.07) is 15.7. The van der Waals surface area contributed by atoms with Crippen LogP contribution in [0.25, 0.3) is 0 Å². The molecule has 1 N–H and O–H groups in total. The van der Waals surface area contributed by atoms with Crippen LogP contribution in [0.1, 0.15) is 12.0 Å². The van der Waals surface area contributed by atoms with Crippen LogP contribution in [0.2, 0.25) is 5.02 Å². The molecule has 24 heavy (non-hydrogen) atoms. The van der Waals surface area contributed by atoms with E-state index in [1.165, 1.54) is 0 Å². The summed E-state index contributed by atoms with van der Waals surface area (Å²) in [6.07, 6.45) is 0.146. The van der Waals surface area contributed by atoms with Gasteiger partial charge in [0.2, 0.25) is 11.8 Å². The van der Waals surface area contributed by atoms with Gasteiger partial charge in [-0.15, -0.1) is 0 Å². The Morgan fingerprint density at radius 1 is 1.21 bits per heavy atom. The lowest BCUT2D eigenvalue weighted by atomic mass is 10.1. The van der Waals surface area contributed by atoms with E-state index in [0.717, 1.165) is 0 Å². The molecule has 2 amide bonds. The van der Waals surface area contributed by atoms with Gasteiger partial charge in [0.1, 0.15) is 0 Å². The Labute approximate surface area is 144 Å². The van der Waals surface area contributed by atoms with Crippen molar-refractivity contribution in [3.05, 3.63) is 59.1 Å². The number of amides is 2. The molecule has 2 aromatic rings. The zero-order valence-corrected chi connectivity index (χ0v) is 13.5. The fourth-order valence-corrected chi connectivity index (χ4v) is 2.90. The van der Waals surface area contributed by atoms with Crippen LogP contribution in [-0.2, 0) is 9.59 Å². The van der Waals surface area contributed by atoms with Crippen LogP contribution < -0.4 is 10.2 Å². The summed E-state index contributed by atoms with van der Waals surface area (Å²) >= 11 is 6.13. The standard InChI is InChI=1S/C18H14ClN3O2/c19-15-3-1-2-4-16(15)22-11-13(9-17(22)23)18(24)21-14-7-5-12(10-20)6-8-14/h1-8,13H,9,11H2,(H,21,24). The van der Waals surface area contributed by atoms with E-state index in [9.17, 15) is 9.59 Å². The van der Waals surface area contributed by atoms with Crippen molar-refractivity contribution in [2.45, 2.75) is 6.42 Å². The Morgan fingerprint density at radius 2 is 1.92 bits per heavy atom. The molecule has 1 fully saturated rings. The largest absolute Gasteiger partial charge is 0.326 e. The van der Waals surface area contributed by atoms with Gasteiger partial charge in [0, 0.05) is 18.7 Å². The summed E-state index contributed by atoms with van der Waals surface area (Å²) < 4.78 is 0. The van der Waals surface area contributed by atoms with Gasteiger partial charge < -0.3 is 10.2 Å². The average molecular weight is 340 g/mol. The normalized spacial score (nSPS) is 16.8. The Bertz CT molecular complexity index is 827. The predicted molar refractivity (Wildman–Crippen MR) is 91.7 cm³/mol. The molecule has 0 aliphatic carbocycles. The van der Waals surface area contributed by atoms with Crippen LogP contribution in [0, 0.1) is 17.2 Å². The first kappa shape index (κ1) is 16.0. The first-order chi connectivity index (χ1) is 11.6. The van der Waals surface area contributed by atoms with Crippen molar-refractivity contribution in [1.82, 2.24) is 0 Å². The van der Waals surface area contributed by atoms with Crippen molar-refractivity contribution >= 4 is 34.8 Å². The van der Waals surface area contributed by atoms with E-state index in [0.29, 0.717) is 28.5 Å². The fourth-order valence-electron chi connectivity index (χ4n) is 2.66. The summed E-state index contributed by atoms with van der Waals surface area (Å²) in [6.45, 7) is 0.296. The van der Waals surface area contributed by atoms with Crippen molar-refractivity contribution in [2.75, 3.05) is 16.8 Å². The van der Waals surface area contributed by atoms with Crippen LogP contribution >= 0.6 is 11.6 Å². The number of nitriles is 1. The minimum absolute atomic E-state index is 0.122. The second-order valence-electron chi connectivity index (χ2n) is 5.54. The number of carbonyl (C=O) groups excluding carboxylic acids is 2. The third kappa shape index (κ3) is 3.24. The third-order valence-electron chi connectivity index (χ3n) is 3.92. The lowest BCUT2D eigenvalue weighted by Gasteiger charge is -2.18. The first-order valence-corrected chi connectivity index (χ1v) is 7.82. The molecule has 1 atom stereocenters. The average Bonchev–Trinajstić information content (AvgIpc) is 2.98. The van der Waals surface area contributed by atoms with E-state index >= 15 is 0 Å². The lowest BCUT2D eigenvalue weighted by molar-refractivity contribution is -0.122. The molecule has 0 radical (unpaired) electrons. The summed E-state index contributed by atoms with van der Waals surface area (Å²) in [5, 5.41) is 12.0. The second-order valence-corrected chi connectivity index (χ2v) is 5.94. The monoisotopic (exact) mass is 339 g/mol. The maximum absolute atomic E-state index is 12.4. The highest BCUT2D eigenvalue weighted by Gasteiger charge is 2.35. The number of benzene rings is 2. The number of hydrogen-bond acceptors (Lipinski definition) is 3. The molecule has 3 rings (SSSR count). The smallest absolute Gasteiger partial charge is 0.229 e. The van der Waals surface area contributed by atoms with E-state index < -0.39 is 5.92 Å². The van der Waals surface area contributed by atoms with Gasteiger partial charge in [0.05, 0.1) is 28.3 Å². The van der Waals surface area contributed by atoms with Crippen LogP contribution in [0.5, 0.6) is 0 Å². The van der Waals surface area contributed by atoms with E-state index in [1.807, 2.05) is 6.07 Å².